The summed E-state index contributed by atoms with van der Waals surface area (Å²) in [4.78, 5) is 23.9. The molecule has 2 aromatic rings. The van der Waals surface area contributed by atoms with E-state index in [0.29, 0.717) is 0 Å². The summed E-state index contributed by atoms with van der Waals surface area (Å²) in [5.41, 5.74) is 2.50. The molecule has 3 rings (SSSR count). The number of allylic oxidation sites excluding steroid dienone is 2. The van der Waals surface area contributed by atoms with Gasteiger partial charge in [-0.1, -0.05) is 37.1 Å². The lowest BCUT2D eigenvalue weighted by Gasteiger charge is -2.07. The fourth-order valence-corrected chi connectivity index (χ4v) is 3.29. The van der Waals surface area contributed by atoms with Crippen molar-refractivity contribution in [3.63, 3.8) is 0 Å². The minimum absolute atomic E-state index is 0.0158. The van der Waals surface area contributed by atoms with Crippen LogP contribution in [0, 0.1) is 0 Å². The Bertz CT molecular complexity index is 940. The molecule has 0 bridgehead atoms. The van der Waals surface area contributed by atoms with Crippen molar-refractivity contribution in [1.29, 1.82) is 0 Å². The van der Waals surface area contributed by atoms with Gasteiger partial charge < -0.3 is 15.3 Å². The van der Waals surface area contributed by atoms with Crippen LogP contribution in [-0.2, 0) is 0 Å². The fraction of sp³-hybridized carbons (Fsp3) is 0.238. The van der Waals surface area contributed by atoms with Crippen molar-refractivity contribution in [2.75, 3.05) is 0 Å². The van der Waals surface area contributed by atoms with Gasteiger partial charge in [-0.25, -0.2) is 4.79 Å². The molecule has 0 heterocycles. The highest BCUT2D eigenvalue weighted by Crippen LogP contribution is 2.52. The van der Waals surface area contributed by atoms with Crippen LogP contribution in [0.5, 0.6) is 11.5 Å². The Kier molecular flexibility index (Phi) is 4.55. The molecule has 1 aliphatic carbocycles. The number of phenols is 2. The van der Waals surface area contributed by atoms with E-state index in [2.05, 4.69) is 13.0 Å². The zero-order valence-corrected chi connectivity index (χ0v) is 14.6. The molecule has 1 unspecified atom stereocenters. The minimum Gasteiger partial charge on any atom is -0.507 e. The van der Waals surface area contributed by atoms with Crippen molar-refractivity contribution in [3.8, 4) is 11.5 Å². The van der Waals surface area contributed by atoms with Crippen LogP contribution in [0.3, 0.4) is 0 Å². The Labute approximate surface area is 151 Å². The average molecular weight is 352 g/mol. The lowest BCUT2D eigenvalue weighted by atomic mass is 9.99. The number of carboxylic acid groups (broad SMARTS) is 1. The maximum atomic E-state index is 12.7. The summed E-state index contributed by atoms with van der Waals surface area (Å²) in [5.74, 6) is -2.60. The maximum absolute atomic E-state index is 12.7. The molecule has 1 aliphatic rings. The highest BCUT2D eigenvalue weighted by atomic mass is 16.4. The summed E-state index contributed by atoms with van der Waals surface area (Å²) < 4.78 is 0. The Morgan fingerprint density at radius 1 is 1.04 bits per heavy atom. The number of fused-ring (bicyclic) bond motifs is 1. The molecule has 26 heavy (non-hydrogen) atoms. The van der Waals surface area contributed by atoms with Gasteiger partial charge in [-0.3, -0.25) is 4.79 Å². The molecule has 3 N–H and O–H groups in total. The van der Waals surface area contributed by atoms with Crippen LogP contribution in [-0.4, -0.2) is 27.1 Å². The number of carbonyl (C=O) groups excluding carboxylic acids is 1. The molecule has 0 aliphatic heterocycles. The van der Waals surface area contributed by atoms with Gasteiger partial charge in [0.15, 0.2) is 5.78 Å². The second kappa shape index (κ2) is 6.67. The number of aromatic hydroxyl groups is 2. The summed E-state index contributed by atoms with van der Waals surface area (Å²) >= 11 is 0. The number of rotatable bonds is 6. The number of carboxylic acids is 1. The number of benzene rings is 2. The lowest BCUT2D eigenvalue weighted by Crippen LogP contribution is -2.05. The monoisotopic (exact) mass is 352 g/mol. The highest BCUT2D eigenvalue weighted by molar-refractivity contribution is 6.14. The molecular formula is C21H20O5. The second-order valence-electron chi connectivity index (χ2n) is 6.54. The largest absolute Gasteiger partial charge is 0.507 e. The summed E-state index contributed by atoms with van der Waals surface area (Å²) in [5, 5.41) is 29.7. The van der Waals surface area contributed by atoms with Crippen LogP contribution < -0.4 is 0 Å². The zero-order chi connectivity index (χ0) is 19.0. The van der Waals surface area contributed by atoms with Gasteiger partial charge in [-0.2, -0.15) is 0 Å². The van der Waals surface area contributed by atoms with Crippen LogP contribution in [0.1, 0.15) is 70.0 Å². The second-order valence-corrected chi connectivity index (χ2v) is 6.54. The number of carbonyl (C=O) groups is 2. The third kappa shape index (κ3) is 2.96. The topological polar surface area (TPSA) is 94.8 Å². The van der Waals surface area contributed by atoms with Gasteiger partial charge >= 0.3 is 5.97 Å². The fourth-order valence-electron chi connectivity index (χ4n) is 3.29. The number of phenolic OH excluding ortho intramolecular Hbond substituents is 1. The molecule has 134 valence electrons. The quantitative estimate of drug-likeness (QED) is 0.534. The van der Waals surface area contributed by atoms with Crippen molar-refractivity contribution in [3.05, 3.63) is 69.8 Å². The number of ketones is 1. The van der Waals surface area contributed by atoms with Gasteiger partial charge in [0.05, 0.1) is 11.1 Å². The first kappa shape index (κ1) is 17.7. The molecule has 0 saturated heterocycles. The van der Waals surface area contributed by atoms with Gasteiger partial charge in [0.25, 0.3) is 0 Å². The SMILES string of the molecule is CCC/C(C)=C/C1c2ccc(C(=O)c3cccc(C(=O)O)c3O)c(O)c21. The Morgan fingerprint density at radius 2 is 1.69 bits per heavy atom. The van der Waals surface area contributed by atoms with Crippen molar-refractivity contribution in [2.45, 2.75) is 32.6 Å². The van der Waals surface area contributed by atoms with Gasteiger partial charge in [0, 0.05) is 11.5 Å². The Morgan fingerprint density at radius 3 is 2.35 bits per heavy atom. The van der Waals surface area contributed by atoms with E-state index in [1.54, 1.807) is 6.07 Å². The van der Waals surface area contributed by atoms with E-state index in [4.69, 9.17) is 5.11 Å². The first-order valence-corrected chi connectivity index (χ1v) is 8.49. The van der Waals surface area contributed by atoms with Crippen molar-refractivity contribution < 1.29 is 24.9 Å². The van der Waals surface area contributed by atoms with E-state index in [1.807, 2.05) is 6.92 Å². The van der Waals surface area contributed by atoms with Crippen LogP contribution in [0.4, 0.5) is 0 Å². The third-order valence-electron chi connectivity index (χ3n) is 4.66. The predicted octanol–water partition coefficient (Wildman–Crippen LogP) is 4.22. The first-order valence-electron chi connectivity index (χ1n) is 8.49. The smallest absolute Gasteiger partial charge is 0.339 e. The molecule has 5 heteroatoms. The summed E-state index contributed by atoms with van der Waals surface area (Å²) in [6.07, 6.45) is 4.11. The van der Waals surface area contributed by atoms with E-state index < -0.39 is 17.5 Å². The number of hydrogen-bond acceptors (Lipinski definition) is 4. The van der Waals surface area contributed by atoms with Crippen LogP contribution in [0.2, 0.25) is 0 Å². The summed E-state index contributed by atoms with van der Waals surface area (Å²) in [7, 11) is 0. The lowest BCUT2D eigenvalue weighted by molar-refractivity contribution is 0.0693. The van der Waals surface area contributed by atoms with Crippen molar-refractivity contribution in [1.82, 2.24) is 0 Å². The molecule has 1 atom stereocenters. The number of para-hydroxylation sites is 1. The maximum Gasteiger partial charge on any atom is 0.339 e. The number of hydrogen-bond donors (Lipinski definition) is 3. The molecule has 0 fully saturated rings. The van der Waals surface area contributed by atoms with Crippen molar-refractivity contribution in [2.24, 2.45) is 0 Å². The standard InChI is InChI=1S/C21H20O5/c1-3-5-11(2)10-16-12-8-9-14(20(24)17(12)16)18(22)13-6-4-7-15(19(13)23)21(25)26/h4,6-10,16,23-24H,3,5H2,1-2H3,(H,25,26)/b11-10+. The van der Waals surface area contributed by atoms with E-state index in [9.17, 15) is 19.8 Å². The summed E-state index contributed by atoms with van der Waals surface area (Å²) in [6.45, 7) is 4.14. The molecule has 0 saturated carbocycles. The molecule has 0 amide bonds. The van der Waals surface area contributed by atoms with Crippen LogP contribution in [0.15, 0.2) is 42.0 Å². The normalized spacial score (nSPS) is 15.5. The molecule has 0 spiro atoms. The van der Waals surface area contributed by atoms with Gasteiger partial charge in [0.1, 0.15) is 17.1 Å². The van der Waals surface area contributed by atoms with Gasteiger partial charge in [-0.15, -0.1) is 0 Å². The minimum atomic E-state index is -1.32. The highest BCUT2D eigenvalue weighted by Gasteiger charge is 2.37. The molecule has 5 nitrogen and oxygen atoms in total. The molecular weight excluding hydrogens is 332 g/mol. The summed E-state index contributed by atoms with van der Waals surface area (Å²) in [6, 6.07) is 7.27. The van der Waals surface area contributed by atoms with E-state index in [-0.39, 0.29) is 28.4 Å². The van der Waals surface area contributed by atoms with E-state index in [0.717, 1.165) is 24.0 Å². The van der Waals surface area contributed by atoms with Gasteiger partial charge in [0.2, 0.25) is 0 Å². The zero-order valence-electron chi connectivity index (χ0n) is 14.6. The Hall–Kier alpha value is -3.08. The van der Waals surface area contributed by atoms with Crippen molar-refractivity contribution >= 4 is 11.8 Å². The van der Waals surface area contributed by atoms with Crippen LogP contribution in [0.25, 0.3) is 0 Å². The molecule has 0 radical (unpaired) electrons. The predicted molar refractivity (Wildman–Crippen MR) is 97.1 cm³/mol. The molecule has 2 aromatic carbocycles. The number of aromatic carboxylic acids is 1. The third-order valence-corrected chi connectivity index (χ3v) is 4.66. The molecule has 0 aromatic heterocycles. The average Bonchev–Trinajstić information content (AvgIpc) is 3.28. The first-order chi connectivity index (χ1) is 12.4. The van der Waals surface area contributed by atoms with E-state index >= 15 is 0 Å². The Balaban J connectivity index is 1.95. The van der Waals surface area contributed by atoms with E-state index in [1.165, 1.54) is 29.8 Å². The van der Waals surface area contributed by atoms with Gasteiger partial charge in [-0.05, 0) is 37.1 Å². The van der Waals surface area contributed by atoms with Crippen LogP contribution >= 0.6 is 0 Å².